The van der Waals surface area contributed by atoms with Crippen molar-refractivity contribution in [2.75, 3.05) is 19.4 Å². The third kappa shape index (κ3) is 5.41. The van der Waals surface area contributed by atoms with Crippen LogP contribution in [0, 0.1) is 6.92 Å². The molecule has 0 aliphatic carbocycles. The molecule has 20 heteroatoms. The number of hydrogen-bond donors (Lipinski definition) is 3. The molecule has 0 amide bonds. The molecule has 214 valence electrons. The molecular weight excluding hydrogens is 609 g/mol. The highest BCUT2D eigenvalue weighted by atomic mass is 32.5. The number of ether oxygens (including phenoxy) is 1. The first-order chi connectivity index (χ1) is 19.0. The maximum Gasteiger partial charge on any atom is 0.324 e. The van der Waals surface area contributed by atoms with Gasteiger partial charge in [0.05, 0.1) is 25.7 Å². The molecule has 0 spiro atoms. The third-order valence-electron chi connectivity index (χ3n) is 6.45. The molecule has 0 aromatic carbocycles. The maximum atomic E-state index is 15.9. The number of H-pyrrole nitrogens is 1. The number of nitrogens with zero attached hydrogens (tertiary/aromatic N) is 7. The van der Waals surface area contributed by atoms with E-state index in [1.807, 2.05) is 0 Å². The molecule has 1 fully saturated rings. The second kappa shape index (κ2) is 10.6. The number of fused-ring (bicyclic) bond motifs is 6. The van der Waals surface area contributed by atoms with Gasteiger partial charge in [-0.05, 0) is 30.5 Å². The van der Waals surface area contributed by atoms with Crippen molar-refractivity contribution in [2.45, 2.75) is 44.5 Å². The van der Waals surface area contributed by atoms with E-state index in [1.54, 1.807) is 11.5 Å². The average Bonchev–Trinajstić information content (AvgIpc) is 3.55. The molecule has 0 radical (unpaired) electrons. The lowest BCUT2D eigenvalue weighted by Crippen LogP contribution is -2.32. The van der Waals surface area contributed by atoms with Crippen LogP contribution in [-0.4, -0.2) is 86.6 Å². The van der Waals surface area contributed by atoms with E-state index in [2.05, 4.69) is 29.9 Å². The molecule has 6 atom stereocenters. The van der Waals surface area contributed by atoms with E-state index < -0.39 is 50.0 Å². The monoisotopic (exact) mass is 632 g/mol. The van der Waals surface area contributed by atoms with Crippen molar-refractivity contribution in [3.05, 3.63) is 40.9 Å². The lowest BCUT2D eigenvalue weighted by molar-refractivity contribution is -0.0440. The molecule has 2 aliphatic rings. The minimum absolute atomic E-state index is 0.00916. The smallest absolute Gasteiger partial charge is 0.324 e. The Labute approximate surface area is 235 Å². The Morgan fingerprint density at radius 2 is 2.02 bits per heavy atom. The first kappa shape index (κ1) is 28.0. The largest absolute Gasteiger partial charge is 0.346 e. The fraction of sp³-hybridized carbons (Fsp3) is 0.500. The zero-order valence-electron chi connectivity index (χ0n) is 20.7. The number of aromatic amines is 1. The van der Waals surface area contributed by atoms with Gasteiger partial charge in [-0.2, -0.15) is 0 Å². The minimum Gasteiger partial charge on any atom is -0.346 e. The van der Waals surface area contributed by atoms with Crippen LogP contribution in [0.5, 0.6) is 0 Å². The maximum absolute atomic E-state index is 15.9. The molecule has 3 N–H and O–H groups in total. The molecule has 4 aromatic rings. The van der Waals surface area contributed by atoms with Crippen LogP contribution in [-0.2, 0) is 54.9 Å². The van der Waals surface area contributed by atoms with Gasteiger partial charge in [-0.15, -0.1) is 0 Å². The lowest BCUT2D eigenvalue weighted by atomic mass is 10.1. The summed E-state index contributed by atoms with van der Waals surface area (Å²) in [5.74, 6) is 0.806. The molecule has 4 aromatic heterocycles. The Kier molecular flexibility index (Phi) is 7.44. The molecule has 2 aliphatic heterocycles. The van der Waals surface area contributed by atoms with Crippen LogP contribution in [0.1, 0.15) is 17.9 Å². The van der Waals surface area contributed by atoms with Gasteiger partial charge in [0.25, 0.3) is 5.56 Å². The number of aromatic nitrogens is 8. The zero-order valence-corrected chi connectivity index (χ0v) is 24.2. The van der Waals surface area contributed by atoms with Gasteiger partial charge in [0.2, 0.25) is 0 Å². The van der Waals surface area contributed by atoms with Crippen LogP contribution in [0.4, 0.5) is 4.39 Å². The fourth-order valence-corrected chi connectivity index (χ4v) is 7.56. The van der Waals surface area contributed by atoms with Crippen molar-refractivity contribution in [3.63, 3.8) is 0 Å². The average molecular weight is 633 g/mol. The molecule has 0 saturated carbocycles. The van der Waals surface area contributed by atoms with Crippen LogP contribution in [0.2, 0.25) is 0 Å². The minimum atomic E-state index is -3.80. The molecule has 2 unspecified atom stereocenters. The van der Waals surface area contributed by atoms with Crippen LogP contribution >= 0.6 is 13.2 Å². The van der Waals surface area contributed by atoms with Crippen molar-refractivity contribution in [3.8, 4) is 0 Å². The number of halogens is 1. The molecular formula is C20H23FN8O7P2S2. The van der Waals surface area contributed by atoms with Crippen molar-refractivity contribution >= 4 is 59.2 Å². The Balaban J connectivity index is 1.38. The zero-order chi connectivity index (χ0) is 28.2. The fourth-order valence-electron chi connectivity index (χ4n) is 4.67. The normalized spacial score (nSPS) is 32.1. The summed E-state index contributed by atoms with van der Waals surface area (Å²) in [6.07, 6.45) is -1.53. The van der Waals surface area contributed by atoms with Crippen molar-refractivity contribution in [1.82, 2.24) is 39.0 Å². The van der Waals surface area contributed by atoms with Crippen LogP contribution < -0.4 is 5.56 Å². The first-order valence-electron chi connectivity index (χ1n) is 12.0. The quantitative estimate of drug-likeness (QED) is 0.253. The van der Waals surface area contributed by atoms with Crippen molar-refractivity contribution in [2.24, 2.45) is 0 Å². The van der Waals surface area contributed by atoms with E-state index in [4.69, 9.17) is 41.9 Å². The number of aryl methyl sites for hydroxylation is 2. The standard InChI is InChI=1S/C20H23FN8O7P2S2/c1-10-25-18-15(19(30)26-10)24-9-29(18)20-16-14(21)12(35-20)7-34-38(32,40)33-4-3-28-13(2-5-37(31,39)36-16)27-11-6-22-8-23-17(11)28/h6,8-9,12,14,16,20H,2-5,7H2,1H3,(H,31,39)(H,32,40)(H,25,26,30)/t12-,14-,16-,20-,37?,38?/m1/s1. The van der Waals surface area contributed by atoms with Crippen LogP contribution in [0.3, 0.4) is 0 Å². The topological polar surface area (TPSA) is 185 Å². The highest BCUT2D eigenvalue weighted by molar-refractivity contribution is 8.09. The summed E-state index contributed by atoms with van der Waals surface area (Å²) in [5, 5.41) is 0. The Morgan fingerprint density at radius 1 is 1.20 bits per heavy atom. The van der Waals surface area contributed by atoms with Gasteiger partial charge in [0, 0.05) is 19.1 Å². The first-order valence-corrected chi connectivity index (χ1v) is 17.5. The summed E-state index contributed by atoms with van der Waals surface area (Å²) in [7, 11) is 0. The summed E-state index contributed by atoms with van der Waals surface area (Å²) >= 11 is 10.6. The summed E-state index contributed by atoms with van der Waals surface area (Å²) in [5.41, 5.74) is 0.667. The summed E-state index contributed by atoms with van der Waals surface area (Å²) in [6.45, 7) is -6.19. The molecule has 1 saturated heterocycles. The predicted molar refractivity (Wildman–Crippen MR) is 145 cm³/mol. The van der Waals surface area contributed by atoms with E-state index in [-0.39, 0.29) is 36.9 Å². The van der Waals surface area contributed by atoms with Gasteiger partial charge in [0.1, 0.15) is 35.7 Å². The van der Waals surface area contributed by atoms with E-state index in [9.17, 15) is 14.6 Å². The number of alkyl halides is 1. The van der Waals surface area contributed by atoms with Crippen LogP contribution in [0.25, 0.3) is 22.3 Å². The van der Waals surface area contributed by atoms with E-state index in [0.717, 1.165) is 0 Å². The summed E-state index contributed by atoms with van der Waals surface area (Å²) < 4.78 is 41.7. The van der Waals surface area contributed by atoms with Gasteiger partial charge >= 0.3 is 6.72 Å². The van der Waals surface area contributed by atoms with E-state index in [1.165, 1.54) is 23.4 Å². The van der Waals surface area contributed by atoms with Crippen LogP contribution in [0.15, 0.2) is 23.6 Å². The second-order valence-electron chi connectivity index (χ2n) is 9.17. The number of rotatable bonds is 1. The molecule has 15 nitrogen and oxygen atoms in total. The molecule has 6 heterocycles. The SMILES string of the molecule is Cc1nc2c(ncn2[C@@H]2O[C@@H]3COP(O)(=S)OCCn4c(nc5cncnc54)CCP(O)(=S)O[C@@H]2[C@@H]3F)c(=O)[nH]1. The summed E-state index contributed by atoms with van der Waals surface area (Å²) in [4.78, 5) is 57.9. The lowest BCUT2D eigenvalue weighted by Gasteiger charge is -2.26. The van der Waals surface area contributed by atoms with E-state index >= 15 is 4.39 Å². The number of imidazole rings is 2. The Bertz CT molecular complexity index is 1750. The molecule has 2 bridgehead atoms. The second-order valence-corrected chi connectivity index (χ2v) is 15.7. The Morgan fingerprint density at radius 3 is 2.85 bits per heavy atom. The van der Waals surface area contributed by atoms with Gasteiger partial charge in [-0.1, -0.05) is 0 Å². The van der Waals surface area contributed by atoms with Gasteiger partial charge < -0.3 is 37.6 Å². The van der Waals surface area contributed by atoms with Crippen molar-refractivity contribution in [1.29, 1.82) is 0 Å². The highest BCUT2D eigenvalue weighted by Crippen LogP contribution is 2.51. The molecule has 6 rings (SSSR count). The third-order valence-corrected chi connectivity index (χ3v) is 10.2. The van der Waals surface area contributed by atoms with Gasteiger partial charge in [-0.25, -0.2) is 29.3 Å². The van der Waals surface area contributed by atoms with E-state index in [0.29, 0.717) is 22.8 Å². The highest BCUT2D eigenvalue weighted by Gasteiger charge is 2.50. The number of nitrogens with one attached hydrogen (secondary N) is 1. The predicted octanol–water partition coefficient (Wildman–Crippen LogP) is 0.997. The Hall–Kier alpha value is -2.11. The number of hydrogen-bond acceptors (Lipinski definition) is 12. The van der Waals surface area contributed by atoms with Gasteiger partial charge in [-0.3, -0.25) is 9.36 Å². The van der Waals surface area contributed by atoms with Crippen molar-refractivity contribution < 1.29 is 32.5 Å². The molecule has 40 heavy (non-hydrogen) atoms. The van der Waals surface area contributed by atoms with Gasteiger partial charge in [0.15, 0.2) is 35.7 Å². The summed E-state index contributed by atoms with van der Waals surface area (Å²) in [6, 6.07) is 0.